The van der Waals surface area contributed by atoms with E-state index in [4.69, 9.17) is 40.2 Å². The van der Waals surface area contributed by atoms with E-state index in [1.807, 2.05) is 0 Å². The third-order valence-electron chi connectivity index (χ3n) is 5.03. The van der Waals surface area contributed by atoms with E-state index < -0.39 is 22.6 Å². The number of nitrogens with zero attached hydrogens (tertiary/aromatic N) is 2. The highest BCUT2D eigenvalue weighted by molar-refractivity contribution is 7.80. The lowest BCUT2D eigenvalue weighted by molar-refractivity contribution is -0.384. The van der Waals surface area contributed by atoms with E-state index in [0.717, 1.165) is 11.0 Å². The smallest absolute Gasteiger partial charge is 0.270 e. The molecule has 0 saturated carbocycles. The van der Waals surface area contributed by atoms with Gasteiger partial charge in [-0.1, -0.05) is 47.5 Å². The molecule has 182 valence electrons. The van der Waals surface area contributed by atoms with Crippen LogP contribution in [0.3, 0.4) is 0 Å². The Labute approximate surface area is 219 Å². The van der Waals surface area contributed by atoms with Gasteiger partial charge in [0.1, 0.15) is 18.0 Å². The number of hydrogen-bond acceptors (Lipinski definition) is 6. The fourth-order valence-electron chi connectivity index (χ4n) is 3.39. The first kappa shape index (κ1) is 25.2. The van der Waals surface area contributed by atoms with Gasteiger partial charge in [-0.15, -0.1) is 0 Å². The van der Waals surface area contributed by atoms with Crippen molar-refractivity contribution in [2.45, 2.75) is 6.61 Å². The van der Waals surface area contributed by atoms with Crippen LogP contribution in [0.25, 0.3) is 6.08 Å². The molecule has 0 aliphatic carbocycles. The van der Waals surface area contributed by atoms with Gasteiger partial charge in [0.05, 0.1) is 20.7 Å². The number of nitro groups is 1. The largest absolute Gasteiger partial charge is 0.486 e. The van der Waals surface area contributed by atoms with E-state index in [2.05, 4.69) is 5.32 Å². The van der Waals surface area contributed by atoms with Crippen LogP contribution in [0.5, 0.6) is 5.75 Å². The predicted octanol–water partition coefficient (Wildman–Crippen LogP) is 5.45. The van der Waals surface area contributed by atoms with Crippen LogP contribution < -0.4 is 15.0 Å². The molecule has 12 heteroatoms. The first-order valence-corrected chi connectivity index (χ1v) is 11.3. The molecule has 1 saturated heterocycles. The third-order valence-corrected chi connectivity index (χ3v) is 5.88. The summed E-state index contributed by atoms with van der Waals surface area (Å²) >= 11 is 17.7. The Morgan fingerprint density at radius 1 is 1.08 bits per heavy atom. The lowest BCUT2D eigenvalue weighted by atomic mass is 10.1. The summed E-state index contributed by atoms with van der Waals surface area (Å²) in [5.74, 6) is -2.18. The highest BCUT2D eigenvalue weighted by Crippen LogP contribution is 2.36. The van der Waals surface area contributed by atoms with Gasteiger partial charge in [-0.3, -0.25) is 25.0 Å². The van der Waals surface area contributed by atoms with E-state index in [1.165, 1.54) is 54.6 Å². The number of rotatable bonds is 6. The number of nitro benzene ring substituents is 1. The molecule has 0 spiro atoms. The van der Waals surface area contributed by atoms with Crippen LogP contribution in [0, 0.1) is 15.9 Å². The summed E-state index contributed by atoms with van der Waals surface area (Å²) in [6.07, 6.45) is 1.25. The first-order valence-electron chi connectivity index (χ1n) is 10.2. The summed E-state index contributed by atoms with van der Waals surface area (Å²) in [7, 11) is 0. The van der Waals surface area contributed by atoms with Crippen LogP contribution in [-0.2, 0) is 16.2 Å². The fraction of sp³-hybridized carbons (Fsp3) is 0.0417. The molecule has 1 aliphatic rings. The van der Waals surface area contributed by atoms with Crippen LogP contribution in [0.4, 0.5) is 15.8 Å². The quantitative estimate of drug-likeness (QED) is 0.145. The average molecular weight is 546 g/mol. The SMILES string of the molecule is O=C1NC(=S)N(c2ccccc2F)C(=O)/C1=C/c1cc(Cl)c(OCc2cccc([N+](=O)[O-])c2)c(Cl)c1. The molecule has 1 fully saturated rings. The minimum Gasteiger partial charge on any atom is -0.486 e. The molecule has 1 N–H and O–H groups in total. The number of para-hydroxylation sites is 1. The summed E-state index contributed by atoms with van der Waals surface area (Å²) in [4.78, 5) is 36.9. The molecule has 1 aliphatic heterocycles. The molecule has 0 aromatic heterocycles. The van der Waals surface area contributed by atoms with Crippen molar-refractivity contribution in [3.8, 4) is 5.75 Å². The van der Waals surface area contributed by atoms with Gasteiger partial charge in [0.15, 0.2) is 10.9 Å². The lowest BCUT2D eigenvalue weighted by Gasteiger charge is -2.29. The monoisotopic (exact) mass is 545 g/mol. The minimum absolute atomic E-state index is 0.0442. The number of thiocarbonyl (C=S) groups is 1. The number of anilines is 1. The summed E-state index contributed by atoms with van der Waals surface area (Å²) in [6.45, 7) is -0.0442. The Morgan fingerprint density at radius 3 is 2.44 bits per heavy atom. The lowest BCUT2D eigenvalue weighted by Crippen LogP contribution is -2.54. The first-order chi connectivity index (χ1) is 17.2. The van der Waals surface area contributed by atoms with E-state index in [1.54, 1.807) is 6.07 Å². The zero-order chi connectivity index (χ0) is 26.0. The van der Waals surface area contributed by atoms with Crippen molar-refractivity contribution in [2.75, 3.05) is 4.90 Å². The molecule has 0 bridgehead atoms. The molecule has 1 heterocycles. The maximum atomic E-state index is 14.3. The summed E-state index contributed by atoms with van der Waals surface area (Å²) in [5.41, 5.74) is 0.307. The number of ether oxygens (including phenoxy) is 1. The van der Waals surface area contributed by atoms with Crippen molar-refractivity contribution in [3.05, 3.63) is 103 Å². The Morgan fingerprint density at radius 2 is 1.78 bits per heavy atom. The molecule has 2 amide bonds. The molecule has 8 nitrogen and oxygen atoms in total. The van der Waals surface area contributed by atoms with Crippen LogP contribution in [0.1, 0.15) is 11.1 Å². The van der Waals surface area contributed by atoms with Gasteiger partial charge in [-0.25, -0.2) is 9.29 Å². The standard InChI is InChI=1S/C24H14Cl2FN3O5S/c25-17-10-14(11-18(26)21(17)35-12-13-4-3-5-15(8-13)30(33)34)9-16-22(31)28-24(36)29(23(16)32)20-7-2-1-6-19(20)27/h1-11H,12H2,(H,28,31,36)/b16-9+. The Hall–Kier alpha value is -3.86. The predicted molar refractivity (Wildman–Crippen MR) is 136 cm³/mol. The number of carbonyl (C=O) groups is 2. The summed E-state index contributed by atoms with van der Waals surface area (Å²) in [5, 5.41) is 13.2. The fourth-order valence-corrected chi connectivity index (χ4v) is 4.28. The number of amides is 2. The second-order valence-corrected chi connectivity index (χ2v) is 8.64. The second kappa shape index (κ2) is 10.4. The van der Waals surface area contributed by atoms with Crippen molar-refractivity contribution >= 4 is 69.8 Å². The topological polar surface area (TPSA) is 102 Å². The molecule has 4 rings (SSSR count). The maximum absolute atomic E-state index is 14.3. The molecular formula is C24H14Cl2FN3O5S. The average Bonchev–Trinajstić information content (AvgIpc) is 2.82. The van der Waals surface area contributed by atoms with Crippen LogP contribution in [0.2, 0.25) is 10.0 Å². The van der Waals surface area contributed by atoms with Crippen molar-refractivity contribution in [3.63, 3.8) is 0 Å². The highest BCUT2D eigenvalue weighted by Gasteiger charge is 2.35. The number of hydrogen-bond donors (Lipinski definition) is 1. The molecule has 0 radical (unpaired) electrons. The normalized spacial score (nSPS) is 14.7. The van der Waals surface area contributed by atoms with E-state index >= 15 is 0 Å². The number of carbonyl (C=O) groups excluding carboxylic acids is 2. The summed E-state index contributed by atoms with van der Waals surface area (Å²) in [6, 6.07) is 14.2. The van der Waals surface area contributed by atoms with Crippen molar-refractivity contribution in [1.82, 2.24) is 5.32 Å². The van der Waals surface area contributed by atoms with Gasteiger partial charge in [0, 0.05) is 12.1 Å². The maximum Gasteiger partial charge on any atom is 0.270 e. The van der Waals surface area contributed by atoms with E-state index in [9.17, 15) is 24.1 Å². The minimum atomic E-state index is -0.827. The molecular weight excluding hydrogens is 532 g/mol. The second-order valence-electron chi connectivity index (χ2n) is 7.44. The zero-order valence-corrected chi connectivity index (χ0v) is 20.4. The van der Waals surface area contributed by atoms with Gasteiger partial charge in [0.25, 0.3) is 17.5 Å². The van der Waals surface area contributed by atoms with Gasteiger partial charge in [-0.2, -0.15) is 0 Å². The molecule has 0 atom stereocenters. The molecule has 0 unspecified atom stereocenters. The van der Waals surface area contributed by atoms with Gasteiger partial charge in [-0.05, 0) is 53.7 Å². The number of halogens is 3. The van der Waals surface area contributed by atoms with Crippen molar-refractivity contribution in [2.24, 2.45) is 0 Å². The molecule has 3 aromatic carbocycles. The Balaban J connectivity index is 1.60. The van der Waals surface area contributed by atoms with Gasteiger partial charge < -0.3 is 4.74 Å². The van der Waals surface area contributed by atoms with Gasteiger partial charge >= 0.3 is 0 Å². The number of benzene rings is 3. The Kier molecular flexibility index (Phi) is 7.30. The van der Waals surface area contributed by atoms with E-state index in [0.29, 0.717) is 11.1 Å². The van der Waals surface area contributed by atoms with Crippen molar-refractivity contribution in [1.29, 1.82) is 0 Å². The van der Waals surface area contributed by atoms with Crippen LogP contribution >= 0.6 is 35.4 Å². The third kappa shape index (κ3) is 5.20. The number of nitrogens with one attached hydrogen (secondary N) is 1. The van der Waals surface area contributed by atoms with Crippen LogP contribution in [-0.4, -0.2) is 21.9 Å². The Bertz CT molecular complexity index is 1440. The zero-order valence-electron chi connectivity index (χ0n) is 18.0. The van der Waals surface area contributed by atoms with Gasteiger partial charge in [0.2, 0.25) is 0 Å². The highest BCUT2D eigenvalue weighted by atomic mass is 35.5. The molecule has 3 aromatic rings. The van der Waals surface area contributed by atoms with E-state index in [-0.39, 0.29) is 44.5 Å². The molecule has 36 heavy (non-hydrogen) atoms. The van der Waals surface area contributed by atoms with Crippen LogP contribution in [0.15, 0.2) is 66.2 Å². The number of non-ortho nitro benzene ring substituents is 1. The van der Waals surface area contributed by atoms with Crippen molar-refractivity contribution < 1.29 is 23.6 Å². The summed E-state index contributed by atoms with van der Waals surface area (Å²) < 4.78 is 20.0.